The molecule has 0 aromatic carbocycles. The first-order valence-corrected chi connectivity index (χ1v) is 3.68. The van der Waals surface area contributed by atoms with Gasteiger partial charge in [-0.25, -0.2) is 4.39 Å². The zero-order valence-electron chi connectivity index (χ0n) is 7.03. The number of aryl methyl sites for hydroxylation is 1. The Morgan fingerprint density at radius 2 is 2.23 bits per heavy atom. The highest BCUT2D eigenvalue weighted by atomic mass is 19.1. The summed E-state index contributed by atoms with van der Waals surface area (Å²) in [4.78, 5) is 3.70. The summed E-state index contributed by atoms with van der Waals surface area (Å²) < 4.78 is 12.6. The number of aromatic hydroxyl groups is 1. The first-order valence-electron chi connectivity index (χ1n) is 3.68. The van der Waals surface area contributed by atoms with Gasteiger partial charge in [0.1, 0.15) is 5.75 Å². The molecule has 1 atom stereocenters. The molecule has 1 heterocycles. The lowest BCUT2D eigenvalue weighted by Crippen LogP contribution is -2.01. The van der Waals surface area contributed by atoms with Gasteiger partial charge < -0.3 is 15.3 Å². The van der Waals surface area contributed by atoms with Crippen molar-refractivity contribution in [2.24, 2.45) is 0 Å². The van der Waals surface area contributed by atoms with E-state index in [1.807, 2.05) is 0 Å². The number of pyridine rings is 1. The van der Waals surface area contributed by atoms with Crippen molar-refractivity contribution in [2.75, 3.05) is 0 Å². The van der Waals surface area contributed by atoms with Gasteiger partial charge in [-0.15, -0.1) is 0 Å². The number of hydrogen-bond acceptors (Lipinski definition) is 4. The smallest absolute Gasteiger partial charge is 0.226 e. The molecule has 0 saturated carbocycles. The summed E-state index contributed by atoms with van der Waals surface area (Å²) in [6, 6.07) is 0. The van der Waals surface area contributed by atoms with Gasteiger partial charge in [0.2, 0.25) is 6.36 Å². The molecule has 0 spiro atoms. The van der Waals surface area contributed by atoms with E-state index in [1.54, 1.807) is 0 Å². The maximum absolute atomic E-state index is 12.6. The van der Waals surface area contributed by atoms with Crippen LogP contribution in [0.15, 0.2) is 6.20 Å². The van der Waals surface area contributed by atoms with Crippen LogP contribution in [0.2, 0.25) is 0 Å². The van der Waals surface area contributed by atoms with Crippen LogP contribution in [-0.2, 0) is 6.61 Å². The van der Waals surface area contributed by atoms with Gasteiger partial charge in [-0.2, -0.15) is 0 Å². The minimum Gasteiger partial charge on any atom is -0.506 e. The molecular weight excluding hydrogens is 177 g/mol. The first-order chi connectivity index (χ1) is 6.07. The third kappa shape index (κ3) is 1.76. The van der Waals surface area contributed by atoms with Crippen LogP contribution >= 0.6 is 0 Å². The highest BCUT2D eigenvalue weighted by molar-refractivity contribution is 5.41. The van der Waals surface area contributed by atoms with Crippen molar-refractivity contribution in [3.63, 3.8) is 0 Å². The fourth-order valence-electron chi connectivity index (χ4n) is 1.04. The maximum atomic E-state index is 12.6. The van der Waals surface area contributed by atoms with Crippen molar-refractivity contribution < 1.29 is 19.7 Å². The maximum Gasteiger partial charge on any atom is 0.226 e. The van der Waals surface area contributed by atoms with E-state index in [2.05, 4.69) is 4.98 Å². The van der Waals surface area contributed by atoms with Crippen molar-refractivity contribution >= 4 is 0 Å². The third-order valence-electron chi connectivity index (χ3n) is 1.77. The summed E-state index contributed by atoms with van der Waals surface area (Å²) in [7, 11) is 0. The van der Waals surface area contributed by atoms with Gasteiger partial charge in [0.05, 0.1) is 17.9 Å². The van der Waals surface area contributed by atoms with Crippen LogP contribution in [-0.4, -0.2) is 20.3 Å². The molecule has 0 fully saturated rings. The van der Waals surface area contributed by atoms with E-state index < -0.39 is 18.7 Å². The monoisotopic (exact) mass is 187 g/mol. The molecule has 4 nitrogen and oxygen atoms in total. The predicted octanol–water partition coefficient (Wildman–Crippen LogP) is 0.548. The summed E-state index contributed by atoms with van der Waals surface area (Å²) in [6.07, 6.45) is -1.09. The minimum atomic E-state index is -2.30. The van der Waals surface area contributed by atoms with Crippen LogP contribution < -0.4 is 0 Å². The lowest BCUT2D eigenvalue weighted by atomic mass is 10.1. The number of aromatic nitrogens is 1. The standard InChI is InChI=1S/C8H10FNO3/c1-4-7(12)6(8(9)13)5(3-11)2-10-4/h2,8,11-13H,3H2,1H3. The van der Waals surface area contributed by atoms with Crippen LogP contribution in [0.5, 0.6) is 5.75 Å². The van der Waals surface area contributed by atoms with Gasteiger partial charge in [0.25, 0.3) is 0 Å². The molecule has 1 rings (SSSR count). The van der Waals surface area contributed by atoms with Crippen molar-refractivity contribution in [1.29, 1.82) is 0 Å². The van der Waals surface area contributed by atoms with Crippen molar-refractivity contribution in [1.82, 2.24) is 4.98 Å². The Kier molecular flexibility index (Phi) is 2.79. The second-order valence-electron chi connectivity index (χ2n) is 2.63. The molecule has 0 radical (unpaired) electrons. The molecule has 1 aromatic rings. The largest absolute Gasteiger partial charge is 0.506 e. The summed E-state index contributed by atoms with van der Waals surface area (Å²) in [6.45, 7) is 1.000. The van der Waals surface area contributed by atoms with Crippen LogP contribution in [0, 0.1) is 6.92 Å². The van der Waals surface area contributed by atoms with Gasteiger partial charge >= 0.3 is 0 Å². The third-order valence-corrected chi connectivity index (χ3v) is 1.77. The molecule has 72 valence electrons. The highest BCUT2D eigenvalue weighted by Crippen LogP contribution is 2.30. The number of halogens is 1. The molecule has 0 aliphatic carbocycles. The SMILES string of the molecule is Cc1ncc(CO)c(C(O)F)c1O. The van der Waals surface area contributed by atoms with E-state index in [0.717, 1.165) is 0 Å². The topological polar surface area (TPSA) is 73.6 Å². The Balaban J connectivity index is 3.32. The highest BCUT2D eigenvalue weighted by Gasteiger charge is 2.17. The second kappa shape index (κ2) is 3.68. The normalized spacial score (nSPS) is 12.9. The molecule has 0 aliphatic heterocycles. The van der Waals surface area contributed by atoms with Crippen LogP contribution in [0.25, 0.3) is 0 Å². The molecule has 0 saturated heterocycles. The van der Waals surface area contributed by atoms with Crippen LogP contribution in [0.4, 0.5) is 4.39 Å². The van der Waals surface area contributed by atoms with E-state index >= 15 is 0 Å². The molecule has 5 heteroatoms. The number of aliphatic hydroxyl groups excluding tert-OH is 2. The molecule has 1 unspecified atom stereocenters. The molecule has 3 N–H and O–H groups in total. The zero-order chi connectivity index (χ0) is 10.0. The summed E-state index contributed by atoms with van der Waals surface area (Å²) in [5.41, 5.74) is -0.0167. The van der Waals surface area contributed by atoms with E-state index in [0.29, 0.717) is 0 Å². The summed E-state index contributed by atoms with van der Waals surface area (Å²) in [5.74, 6) is -0.415. The zero-order valence-corrected chi connectivity index (χ0v) is 7.03. The Hall–Kier alpha value is -1.20. The fraction of sp³-hybridized carbons (Fsp3) is 0.375. The predicted molar refractivity (Wildman–Crippen MR) is 42.6 cm³/mol. The lowest BCUT2D eigenvalue weighted by Gasteiger charge is -2.10. The molecular formula is C8H10FNO3. The van der Waals surface area contributed by atoms with Crippen molar-refractivity contribution in [2.45, 2.75) is 19.9 Å². The van der Waals surface area contributed by atoms with Gasteiger partial charge in [-0.05, 0) is 6.92 Å². The van der Waals surface area contributed by atoms with E-state index in [4.69, 9.17) is 10.2 Å². The van der Waals surface area contributed by atoms with Crippen LogP contribution in [0.3, 0.4) is 0 Å². The number of hydrogen-bond donors (Lipinski definition) is 3. The quantitative estimate of drug-likeness (QED) is 0.632. The number of rotatable bonds is 2. The van der Waals surface area contributed by atoms with Gasteiger partial charge in [-0.1, -0.05) is 0 Å². The Labute approximate surface area is 74.3 Å². The van der Waals surface area contributed by atoms with E-state index in [1.165, 1.54) is 13.1 Å². The van der Waals surface area contributed by atoms with Gasteiger partial charge in [0.15, 0.2) is 0 Å². The molecule has 0 aliphatic rings. The molecule has 0 amide bonds. The lowest BCUT2D eigenvalue weighted by molar-refractivity contribution is 0.0368. The van der Waals surface area contributed by atoms with Crippen molar-refractivity contribution in [3.05, 3.63) is 23.0 Å². The van der Waals surface area contributed by atoms with Gasteiger partial charge in [0, 0.05) is 11.8 Å². The molecule has 13 heavy (non-hydrogen) atoms. The number of aliphatic hydroxyl groups is 2. The number of nitrogens with zero attached hydrogens (tertiary/aromatic N) is 1. The van der Waals surface area contributed by atoms with E-state index in [9.17, 15) is 9.50 Å². The average molecular weight is 187 g/mol. The average Bonchev–Trinajstić information content (AvgIpc) is 2.08. The molecule has 0 bridgehead atoms. The van der Waals surface area contributed by atoms with Gasteiger partial charge in [-0.3, -0.25) is 4.98 Å². The fourth-order valence-corrected chi connectivity index (χ4v) is 1.04. The Morgan fingerprint density at radius 1 is 1.62 bits per heavy atom. The molecule has 1 aromatic heterocycles. The van der Waals surface area contributed by atoms with E-state index in [-0.39, 0.29) is 16.8 Å². The Bertz CT molecular complexity index is 315. The second-order valence-corrected chi connectivity index (χ2v) is 2.63. The van der Waals surface area contributed by atoms with Crippen molar-refractivity contribution in [3.8, 4) is 5.75 Å². The summed E-state index contributed by atoms with van der Waals surface area (Å²) >= 11 is 0. The minimum absolute atomic E-state index is 0.0816. The summed E-state index contributed by atoms with van der Waals surface area (Å²) in [5, 5.41) is 26.7. The first kappa shape index (κ1) is 9.88. The number of alkyl halides is 1. The Morgan fingerprint density at radius 3 is 2.69 bits per heavy atom. The van der Waals surface area contributed by atoms with Crippen LogP contribution in [0.1, 0.15) is 23.2 Å².